The first-order valence-electron chi connectivity index (χ1n) is 10.5. The maximum Gasteiger partial charge on any atom is 0.408 e. The molecule has 0 heterocycles. The lowest BCUT2D eigenvalue weighted by atomic mass is 10.0. The van der Waals surface area contributed by atoms with Gasteiger partial charge >= 0.3 is 6.09 Å². The number of carbonyl (C=O) groups excluding carboxylic acids is 2. The molecule has 1 aromatic rings. The number of amides is 1. The van der Waals surface area contributed by atoms with Gasteiger partial charge in [-0.2, -0.15) is 11.8 Å². The van der Waals surface area contributed by atoms with Gasteiger partial charge in [0, 0.05) is 12.2 Å². The minimum Gasteiger partial charge on any atom is -0.497 e. The van der Waals surface area contributed by atoms with E-state index in [9.17, 15) is 9.59 Å². The number of methoxy groups -OCH3 is 1. The molecule has 1 amide bonds. The number of ether oxygens (including phenoxy) is 2. The van der Waals surface area contributed by atoms with Gasteiger partial charge in [0.2, 0.25) is 0 Å². The molecule has 1 aliphatic rings. The van der Waals surface area contributed by atoms with Crippen LogP contribution in [0.4, 0.5) is 4.79 Å². The molecule has 0 radical (unpaired) electrons. The lowest BCUT2D eigenvalue weighted by molar-refractivity contribution is -0.120. The summed E-state index contributed by atoms with van der Waals surface area (Å²) in [5.74, 6) is 3.24. The molecule has 2 rings (SSSR count). The van der Waals surface area contributed by atoms with Crippen LogP contribution in [-0.2, 0) is 16.0 Å². The summed E-state index contributed by atoms with van der Waals surface area (Å²) in [7, 11) is 1.63. The maximum atomic E-state index is 12.9. The zero-order valence-corrected chi connectivity index (χ0v) is 19.0. The van der Waals surface area contributed by atoms with Crippen LogP contribution in [0.2, 0.25) is 0 Å². The first-order valence-corrected chi connectivity index (χ1v) is 11.6. The second-order valence-electron chi connectivity index (χ2n) is 8.70. The third-order valence-electron chi connectivity index (χ3n) is 5.01. The number of ketones is 1. The molecular formula is C23H35NO4S. The molecule has 1 aromatic carbocycles. The van der Waals surface area contributed by atoms with Crippen LogP contribution in [-0.4, -0.2) is 42.1 Å². The van der Waals surface area contributed by atoms with Crippen LogP contribution in [0.3, 0.4) is 0 Å². The Kier molecular flexibility index (Phi) is 9.34. The second-order valence-corrected chi connectivity index (χ2v) is 9.78. The molecule has 0 unspecified atom stereocenters. The van der Waals surface area contributed by atoms with Gasteiger partial charge in [0.05, 0.1) is 13.2 Å². The number of alkyl carbamates (subject to hydrolysis) is 1. The number of carbonyl (C=O) groups is 2. The van der Waals surface area contributed by atoms with Crippen LogP contribution >= 0.6 is 11.8 Å². The van der Waals surface area contributed by atoms with Crippen LogP contribution in [0.5, 0.6) is 5.75 Å². The normalized spacial score (nSPS) is 15.7. The van der Waals surface area contributed by atoms with Crippen molar-refractivity contribution in [1.82, 2.24) is 5.32 Å². The van der Waals surface area contributed by atoms with Crippen molar-refractivity contribution in [3.63, 3.8) is 0 Å². The highest BCUT2D eigenvalue weighted by Gasteiger charge is 2.25. The average molecular weight is 422 g/mol. The van der Waals surface area contributed by atoms with Crippen molar-refractivity contribution >= 4 is 23.6 Å². The number of nitrogens with one attached hydrogen (secondary N) is 1. The number of Topliss-reactive ketones (excluding diaryl/α,β-unsaturated/α-hetero) is 1. The third kappa shape index (κ3) is 9.11. The first kappa shape index (κ1) is 23.6. The lowest BCUT2D eigenvalue weighted by Gasteiger charge is -2.23. The summed E-state index contributed by atoms with van der Waals surface area (Å²) in [6.45, 7) is 5.46. The summed E-state index contributed by atoms with van der Waals surface area (Å²) < 4.78 is 10.5. The van der Waals surface area contributed by atoms with Gasteiger partial charge in [-0.3, -0.25) is 4.79 Å². The van der Waals surface area contributed by atoms with E-state index in [2.05, 4.69) is 5.32 Å². The van der Waals surface area contributed by atoms with Gasteiger partial charge in [-0.25, -0.2) is 4.79 Å². The van der Waals surface area contributed by atoms with Crippen molar-refractivity contribution in [1.29, 1.82) is 0 Å². The van der Waals surface area contributed by atoms with Crippen LogP contribution in [0.25, 0.3) is 0 Å². The molecule has 0 aliphatic heterocycles. The van der Waals surface area contributed by atoms with Crippen molar-refractivity contribution in [2.45, 2.75) is 70.9 Å². The van der Waals surface area contributed by atoms with E-state index in [1.165, 1.54) is 25.7 Å². The Balaban J connectivity index is 1.89. The van der Waals surface area contributed by atoms with Gasteiger partial charge < -0.3 is 14.8 Å². The molecular weight excluding hydrogens is 386 g/mol. The van der Waals surface area contributed by atoms with Gasteiger partial charge in [-0.05, 0) is 69.4 Å². The zero-order valence-electron chi connectivity index (χ0n) is 18.2. The number of benzene rings is 1. The Hall–Kier alpha value is -1.69. The molecule has 1 aliphatic carbocycles. The second kappa shape index (κ2) is 11.5. The van der Waals surface area contributed by atoms with E-state index in [-0.39, 0.29) is 5.78 Å². The molecule has 0 aromatic heterocycles. The standard InChI is InChI=1S/C23H35NO4S/c1-23(2,3)28-22(26)24-20(16-29-15-18-7-5-6-8-18)21(25)14-11-17-9-12-19(27-4)13-10-17/h9-10,12-13,18,20H,5-8,11,14-16H2,1-4H3,(H,24,26)/t20-/m0/s1. The molecule has 5 nitrogen and oxygen atoms in total. The first-order chi connectivity index (χ1) is 13.8. The van der Waals surface area contributed by atoms with Gasteiger partial charge in [0.1, 0.15) is 11.4 Å². The monoisotopic (exact) mass is 421 g/mol. The highest BCUT2D eigenvalue weighted by Crippen LogP contribution is 2.28. The highest BCUT2D eigenvalue weighted by molar-refractivity contribution is 7.99. The maximum absolute atomic E-state index is 12.9. The molecule has 1 saturated carbocycles. The van der Waals surface area contributed by atoms with Crippen molar-refractivity contribution < 1.29 is 19.1 Å². The Morgan fingerprint density at radius 2 is 1.83 bits per heavy atom. The van der Waals surface area contributed by atoms with Crippen LogP contribution < -0.4 is 10.1 Å². The molecule has 1 N–H and O–H groups in total. The molecule has 29 heavy (non-hydrogen) atoms. The van der Waals surface area contributed by atoms with Crippen molar-refractivity contribution in [3.05, 3.63) is 29.8 Å². The fourth-order valence-electron chi connectivity index (χ4n) is 3.43. The van der Waals surface area contributed by atoms with Gasteiger partial charge in [0.25, 0.3) is 0 Å². The highest BCUT2D eigenvalue weighted by atomic mass is 32.2. The van der Waals surface area contributed by atoms with E-state index < -0.39 is 17.7 Å². The molecule has 6 heteroatoms. The van der Waals surface area contributed by atoms with E-state index in [1.54, 1.807) is 18.9 Å². The quantitative estimate of drug-likeness (QED) is 0.575. The van der Waals surface area contributed by atoms with E-state index in [0.29, 0.717) is 18.6 Å². The fraction of sp³-hybridized carbons (Fsp3) is 0.652. The van der Waals surface area contributed by atoms with Crippen LogP contribution in [0.15, 0.2) is 24.3 Å². The number of hydrogen-bond acceptors (Lipinski definition) is 5. The van der Waals surface area contributed by atoms with E-state index in [4.69, 9.17) is 9.47 Å². The van der Waals surface area contributed by atoms with Crippen molar-refractivity contribution in [3.8, 4) is 5.75 Å². The number of hydrogen-bond donors (Lipinski definition) is 1. The van der Waals surface area contributed by atoms with E-state index in [0.717, 1.165) is 23.0 Å². The zero-order chi connectivity index (χ0) is 21.3. The summed E-state index contributed by atoms with van der Waals surface area (Å²) in [4.78, 5) is 25.1. The summed E-state index contributed by atoms with van der Waals surface area (Å²) >= 11 is 1.77. The average Bonchev–Trinajstić information content (AvgIpc) is 3.17. The molecule has 0 saturated heterocycles. The van der Waals surface area contributed by atoms with E-state index in [1.807, 2.05) is 45.0 Å². The largest absolute Gasteiger partial charge is 0.497 e. The predicted octanol–water partition coefficient (Wildman–Crippen LogP) is 5.01. The van der Waals surface area contributed by atoms with Gasteiger partial charge in [-0.1, -0.05) is 25.0 Å². The van der Waals surface area contributed by atoms with E-state index >= 15 is 0 Å². The number of aryl methyl sites for hydroxylation is 1. The van der Waals surface area contributed by atoms with Gasteiger partial charge in [0.15, 0.2) is 5.78 Å². The lowest BCUT2D eigenvalue weighted by Crippen LogP contribution is -2.45. The third-order valence-corrected chi connectivity index (χ3v) is 6.29. The molecule has 1 fully saturated rings. The Bertz CT molecular complexity index is 648. The summed E-state index contributed by atoms with van der Waals surface area (Å²) in [5.41, 5.74) is 0.492. The Morgan fingerprint density at radius 3 is 2.41 bits per heavy atom. The van der Waals surface area contributed by atoms with Gasteiger partial charge in [-0.15, -0.1) is 0 Å². The minimum absolute atomic E-state index is 0.0469. The SMILES string of the molecule is COc1ccc(CCC(=O)[C@H](CSCC2CCCC2)NC(=O)OC(C)(C)C)cc1. The molecule has 1 atom stereocenters. The summed E-state index contributed by atoms with van der Waals surface area (Å²) in [6, 6.07) is 7.21. The summed E-state index contributed by atoms with van der Waals surface area (Å²) in [6.07, 6.45) is 5.68. The van der Waals surface area contributed by atoms with Crippen molar-refractivity contribution in [2.24, 2.45) is 5.92 Å². The fourth-order valence-corrected chi connectivity index (χ4v) is 4.74. The minimum atomic E-state index is -0.586. The van der Waals surface area contributed by atoms with Crippen LogP contribution in [0, 0.1) is 5.92 Å². The van der Waals surface area contributed by atoms with Crippen LogP contribution in [0.1, 0.15) is 58.4 Å². The molecule has 0 spiro atoms. The Morgan fingerprint density at radius 1 is 1.17 bits per heavy atom. The predicted molar refractivity (Wildman–Crippen MR) is 119 cm³/mol. The summed E-state index contributed by atoms with van der Waals surface area (Å²) in [5, 5.41) is 2.80. The molecule has 0 bridgehead atoms. The number of rotatable bonds is 10. The Labute approximate surface area is 179 Å². The molecule has 162 valence electrons. The topological polar surface area (TPSA) is 64.6 Å². The van der Waals surface area contributed by atoms with Crippen molar-refractivity contribution in [2.75, 3.05) is 18.6 Å². The smallest absolute Gasteiger partial charge is 0.408 e. The number of thioether (sulfide) groups is 1.